The standard InChI is InChI=1S/C25H38O13S2/c1-12-22(38-40(32,33)34)20(27)21(28)23(35-12)36-18-11-14-15-4-5-19(26)25(15,3)9-7-16(14)24(2)8-6-13(10-17(18)24)37-39(29,30)31/h7,12-15,17-18,20-23,27-28H,4-6,8-11H2,1-3H3,(H,29,30,31)(H,32,33,34)/t12-,13?,14+,15+,17?,18?,20-,21-,22-,23+,24-,25+/m1/s1. The quantitative estimate of drug-likeness (QED) is 0.248. The molecule has 0 amide bonds. The first-order valence-corrected chi connectivity index (χ1v) is 16.4. The summed E-state index contributed by atoms with van der Waals surface area (Å²) in [5.74, 6) is -0.0122. The van der Waals surface area contributed by atoms with Gasteiger partial charge in [-0.25, -0.2) is 8.37 Å². The zero-order valence-corrected chi connectivity index (χ0v) is 24.2. The van der Waals surface area contributed by atoms with E-state index in [0.29, 0.717) is 32.1 Å². The van der Waals surface area contributed by atoms with Crippen LogP contribution in [-0.4, -0.2) is 84.9 Å². The molecule has 1 aliphatic heterocycles. The minimum Gasteiger partial charge on any atom is -0.387 e. The normalized spacial score (nSPS) is 47.7. The van der Waals surface area contributed by atoms with Crippen LogP contribution >= 0.6 is 0 Å². The third kappa shape index (κ3) is 5.42. The number of ketones is 1. The van der Waals surface area contributed by atoms with Crippen LogP contribution in [0.1, 0.15) is 65.7 Å². The van der Waals surface area contributed by atoms with Crippen LogP contribution in [-0.2, 0) is 43.4 Å². The van der Waals surface area contributed by atoms with Crippen molar-refractivity contribution in [3.63, 3.8) is 0 Å². The highest BCUT2D eigenvalue weighted by Gasteiger charge is 2.60. The molecule has 228 valence electrons. The molecule has 40 heavy (non-hydrogen) atoms. The van der Waals surface area contributed by atoms with Gasteiger partial charge < -0.3 is 19.7 Å². The summed E-state index contributed by atoms with van der Waals surface area (Å²) in [6, 6.07) is 0. The van der Waals surface area contributed by atoms with Gasteiger partial charge in [-0.3, -0.25) is 13.9 Å². The van der Waals surface area contributed by atoms with E-state index in [-0.39, 0.29) is 30.0 Å². The van der Waals surface area contributed by atoms with Gasteiger partial charge in [0.25, 0.3) is 0 Å². The van der Waals surface area contributed by atoms with Crippen molar-refractivity contribution in [2.75, 3.05) is 0 Å². The van der Waals surface area contributed by atoms with E-state index in [1.807, 2.05) is 6.92 Å². The molecule has 3 saturated carbocycles. The molecule has 12 atom stereocenters. The van der Waals surface area contributed by atoms with E-state index in [1.54, 1.807) is 0 Å². The lowest BCUT2D eigenvalue weighted by Gasteiger charge is -2.58. The van der Waals surface area contributed by atoms with Gasteiger partial charge in [0.15, 0.2) is 6.29 Å². The summed E-state index contributed by atoms with van der Waals surface area (Å²) < 4.78 is 85.5. The molecular weight excluding hydrogens is 572 g/mol. The molecule has 1 saturated heterocycles. The first-order valence-electron chi connectivity index (χ1n) is 13.7. The Morgan fingerprint density at radius 1 is 0.950 bits per heavy atom. The molecule has 5 rings (SSSR count). The first kappa shape index (κ1) is 30.4. The number of aliphatic hydroxyl groups excluding tert-OH is 2. The van der Waals surface area contributed by atoms with Gasteiger partial charge in [-0.2, -0.15) is 16.8 Å². The van der Waals surface area contributed by atoms with Gasteiger partial charge in [0.1, 0.15) is 24.1 Å². The van der Waals surface area contributed by atoms with Crippen molar-refractivity contribution in [3.05, 3.63) is 11.6 Å². The number of aliphatic hydroxyl groups is 2. The van der Waals surface area contributed by atoms with Gasteiger partial charge in [0, 0.05) is 11.8 Å². The van der Waals surface area contributed by atoms with Crippen LogP contribution in [0.3, 0.4) is 0 Å². The van der Waals surface area contributed by atoms with Crippen molar-refractivity contribution in [3.8, 4) is 0 Å². The van der Waals surface area contributed by atoms with E-state index in [1.165, 1.54) is 12.5 Å². The average molecular weight is 611 g/mol. The van der Waals surface area contributed by atoms with Crippen molar-refractivity contribution in [2.24, 2.45) is 28.6 Å². The highest BCUT2D eigenvalue weighted by Crippen LogP contribution is 2.64. The number of Topliss-reactive ketones (excluding diaryl/α,β-unsaturated/α-hetero) is 1. The van der Waals surface area contributed by atoms with Gasteiger partial charge in [0.05, 0.1) is 18.3 Å². The number of rotatable bonds is 6. The molecular formula is C25H38O13S2. The van der Waals surface area contributed by atoms with Crippen LogP contribution in [0.5, 0.6) is 0 Å². The summed E-state index contributed by atoms with van der Waals surface area (Å²) in [4.78, 5) is 12.9. The molecule has 0 radical (unpaired) electrons. The van der Waals surface area contributed by atoms with Gasteiger partial charge in [0.2, 0.25) is 0 Å². The highest BCUT2D eigenvalue weighted by atomic mass is 32.3. The van der Waals surface area contributed by atoms with E-state index in [2.05, 4.69) is 17.2 Å². The molecule has 0 bridgehead atoms. The molecule has 5 aliphatic rings. The minimum atomic E-state index is -4.94. The summed E-state index contributed by atoms with van der Waals surface area (Å²) in [5, 5.41) is 21.5. The van der Waals surface area contributed by atoms with E-state index in [0.717, 1.165) is 6.42 Å². The minimum absolute atomic E-state index is 0.00538. The second-order valence-corrected chi connectivity index (χ2v) is 14.6. The third-order valence-electron chi connectivity index (χ3n) is 10.3. The number of allylic oxidation sites excluding steroid dienone is 2. The zero-order valence-electron chi connectivity index (χ0n) is 22.6. The van der Waals surface area contributed by atoms with E-state index in [4.69, 9.17) is 18.2 Å². The fourth-order valence-electron chi connectivity index (χ4n) is 8.26. The number of carbonyl (C=O) groups is 1. The molecule has 15 heteroatoms. The first-order chi connectivity index (χ1) is 18.4. The van der Waals surface area contributed by atoms with Gasteiger partial charge in [-0.05, 0) is 68.6 Å². The molecule has 0 spiro atoms. The summed E-state index contributed by atoms with van der Waals surface area (Å²) >= 11 is 0. The summed E-state index contributed by atoms with van der Waals surface area (Å²) in [5.41, 5.74) is 0.263. The summed E-state index contributed by atoms with van der Waals surface area (Å²) in [7, 11) is -9.64. The van der Waals surface area contributed by atoms with Crippen LogP contribution in [0.15, 0.2) is 11.6 Å². The number of ether oxygens (including phenoxy) is 2. The Morgan fingerprint density at radius 2 is 1.62 bits per heavy atom. The average Bonchev–Trinajstić information content (AvgIpc) is 3.14. The second-order valence-electron chi connectivity index (χ2n) is 12.5. The maximum absolute atomic E-state index is 12.9. The second kappa shape index (κ2) is 10.3. The van der Waals surface area contributed by atoms with Crippen LogP contribution < -0.4 is 0 Å². The van der Waals surface area contributed by atoms with Crippen LogP contribution in [0.25, 0.3) is 0 Å². The van der Waals surface area contributed by atoms with E-state index < -0.39 is 74.5 Å². The maximum Gasteiger partial charge on any atom is 0.397 e. The largest absolute Gasteiger partial charge is 0.397 e. The van der Waals surface area contributed by atoms with Gasteiger partial charge >= 0.3 is 20.8 Å². The molecule has 4 aliphatic carbocycles. The number of fused-ring (bicyclic) bond motifs is 5. The van der Waals surface area contributed by atoms with Crippen molar-refractivity contribution in [1.82, 2.24) is 0 Å². The molecule has 4 fully saturated rings. The predicted octanol–water partition coefficient (Wildman–Crippen LogP) is 1.36. The zero-order chi connectivity index (χ0) is 29.4. The number of hydrogen-bond acceptors (Lipinski definition) is 11. The molecule has 1 heterocycles. The van der Waals surface area contributed by atoms with E-state index in [9.17, 15) is 36.4 Å². The lowest BCUT2D eigenvalue weighted by Crippen LogP contribution is -2.61. The lowest BCUT2D eigenvalue weighted by atomic mass is 9.48. The maximum atomic E-state index is 12.9. The Bertz CT molecular complexity index is 1270. The Hall–Kier alpha value is -1.01. The van der Waals surface area contributed by atoms with Crippen LogP contribution in [0.4, 0.5) is 0 Å². The fraction of sp³-hybridized carbons (Fsp3) is 0.880. The Kier molecular flexibility index (Phi) is 7.85. The highest BCUT2D eigenvalue weighted by molar-refractivity contribution is 7.81. The van der Waals surface area contributed by atoms with Crippen molar-refractivity contribution < 1.29 is 58.8 Å². The summed E-state index contributed by atoms with van der Waals surface area (Å²) in [6.45, 7) is 5.49. The smallest absolute Gasteiger partial charge is 0.387 e. The molecule has 13 nitrogen and oxygen atoms in total. The van der Waals surface area contributed by atoms with Crippen molar-refractivity contribution in [1.29, 1.82) is 0 Å². The monoisotopic (exact) mass is 610 g/mol. The SMILES string of the molecule is C[C@H]1O[C@@H](OC2C[C@@H]3C(=CC[C@]4(C)C(=O)CC[C@@H]34)[C@@]3(C)CCC(OS(=O)(=O)O)CC23)[C@H](O)[C@@H](O)[C@@H]1OS(=O)(=O)O. The lowest BCUT2D eigenvalue weighted by molar-refractivity contribution is -0.312. The molecule has 0 aromatic carbocycles. The Balaban J connectivity index is 1.45. The van der Waals surface area contributed by atoms with E-state index >= 15 is 0 Å². The topological polar surface area (TPSA) is 203 Å². The van der Waals surface area contributed by atoms with Gasteiger partial charge in [-0.1, -0.05) is 25.5 Å². The number of carbonyl (C=O) groups excluding carboxylic acids is 1. The third-order valence-corrected chi connectivity index (χ3v) is 11.2. The van der Waals surface area contributed by atoms with Crippen molar-refractivity contribution in [2.45, 2.75) is 109 Å². The number of hydrogen-bond donors (Lipinski definition) is 4. The molecule has 4 N–H and O–H groups in total. The molecule has 3 unspecified atom stereocenters. The predicted molar refractivity (Wildman–Crippen MR) is 136 cm³/mol. The molecule has 0 aromatic heterocycles. The van der Waals surface area contributed by atoms with Crippen LogP contribution in [0.2, 0.25) is 0 Å². The van der Waals surface area contributed by atoms with Gasteiger partial charge in [-0.15, -0.1) is 0 Å². The Labute approximate surface area is 234 Å². The fourth-order valence-corrected chi connectivity index (χ4v) is 9.33. The molecule has 0 aromatic rings. The summed E-state index contributed by atoms with van der Waals surface area (Å²) in [6.07, 6.45) is -3.39. The van der Waals surface area contributed by atoms with Crippen LogP contribution in [0, 0.1) is 28.6 Å². The van der Waals surface area contributed by atoms with Crippen molar-refractivity contribution >= 4 is 26.6 Å². The Morgan fingerprint density at radius 3 is 2.27 bits per heavy atom.